The smallest absolute Gasteiger partial charge is 0.269 e. The molecule has 0 saturated carbocycles. The van der Waals surface area contributed by atoms with Crippen molar-refractivity contribution < 1.29 is 19.2 Å². The van der Waals surface area contributed by atoms with Crippen LogP contribution in [0.4, 0.5) is 11.4 Å². The second-order valence-corrected chi connectivity index (χ2v) is 7.42. The van der Waals surface area contributed by atoms with Gasteiger partial charge in [-0.2, -0.15) is 0 Å². The first kappa shape index (κ1) is 21.4. The monoisotopic (exact) mass is 411 g/mol. The molecule has 1 aliphatic rings. The number of carbonyl (C=O) groups is 2. The van der Waals surface area contributed by atoms with E-state index in [1.165, 1.54) is 29.2 Å². The molecule has 2 aromatic rings. The van der Waals surface area contributed by atoms with Crippen LogP contribution in [0.1, 0.15) is 34.3 Å². The van der Waals surface area contributed by atoms with Crippen molar-refractivity contribution in [3.8, 4) is 0 Å². The lowest BCUT2D eigenvalue weighted by Crippen LogP contribution is -2.42. The van der Waals surface area contributed by atoms with Gasteiger partial charge in [-0.25, -0.2) is 0 Å². The van der Waals surface area contributed by atoms with Gasteiger partial charge in [0.2, 0.25) is 5.91 Å². The zero-order chi connectivity index (χ0) is 21.7. The lowest BCUT2D eigenvalue weighted by atomic mass is 10.1. The summed E-state index contributed by atoms with van der Waals surface area (Å²) in [5.74, 6) is -0.673. The highest BCUT2D eigenvalue weighted by Crippen LogP contribution is 2.20. The van der Waals surface area contributed by atoms with Crippen LogP contribution >= 0.6 is 0 Å². The van der Waals surface area contributed by atoms with E-state index in [1.54, 1.807) is 0 Å². The fourth-order valence-corrected chi connectivity index (χ4v) is 3.41. The Balaban J connectivity index is 1.75. The van der Waals surface area contributed by atoms with E-state index in [2.05, 4.69) is 5.32 Å². The van der Waals surface area contributed by atoms with Gasteiger partial charge in [0.1, 0.15) is 6.54 Å². The molecule has 8 nitrogen and oxygen atoms in total. The van der Waals surface area contributed by atoms with Crippen LogP contribution in [-0.4, -0.2) is 47.4 Å². The summed E-state index contributed by atoms with van der Waals surface area (Å²) >= 11 is 0. The maximum Gasteiger partial charge on any atom is 0.269 e. The van der Waals surface area contributed by atoms with Crippen LogP contribution in [0.15, 0.2) is 42.5 Å². The maximum atomic E-state index is 13.0. The number of benzene rings is 2. The fourth-order valence-electron chi connectivity index (χ4n) is 3.41. The lowest BCUT2D eigenvalue weighted by Gasteiger charge is -2.25. The molecular weight excluding hydrogens is 386 g/mol. The van der Waals surface area contributed by atoms with Crippen molar-refractivity contribution in [1.82, 2.24) is 4.90 Å². The Bertz CT molecular complexity index is 936. The summed E-state index contributed by atoms with van der Waals surface area (Å²) < 4.78 is 5.64. The van der Waals surface area contributed by atoms with Gasteiger partial charge in [-0.05, 0) is 56.0 Å². The quantitative estimate of drug-likeness (QED) is 0.555. The van der Waals surface area contributed by atoms with Crippen molar-refractivity contribution in [3.63, 3.8) is 0 Å². The van der Waals surface area contributed by atoms with Gasteiger partial charge >= 0.3 is 0 Å². The average molecular weight is 411 g/mol. The number of nitro benzene ring substituents is 1. The Morgan fingerprint density at radius 2 is 1.93 bits per heavy atom. The van der Waals surface area contributed by atoms with Crippen LogP contribution < -0.4 is 5.32 Å². The van der Waals surface area contributed by atoms with E-state index >= 15 is 0 Å². The summed E-state index contributed by atoms with van der Waals surface area (Å²) in [6, 6.07) is 11.0. The average Bonchev–Trinajstić information content (AvgIpc) is 3.23. The summed E-state index contributed by atoms with van der Waals surface area (Å²) in [4.78, 5) is 37.5. The summed E-state index contributed by atoms with van der Waals surface area (Å²) in [6.45, 7) is 4.68. The molecule has 0 aliphatic carbocycles. The third-order valence-electron chi connectivity index (χ3n) is 5.27. The first-order valence-electron chi connectivity index (χ1n) is 9.86. The second kappa shape index (κ2) is 9.49. The fraction of sp³-hybridized carbons (Fsp3) is 0.364. The standard InChI is InChI=1S/C22H25N3O5/c1-15-5-3-7-20(16(15)2)23-21(26)14-24(13-19-6-4-12-30-19)22(27)17-8-10-18(11-9-17)25(28)29/h3,5,7-11,19H,4,6,12-14H2,1-2H3,(H,23,26). The number of nitrogens with zero attached hydrogens (tertiary/aromatic N) is 2. The van der Waals surface area contributed by atoms with E-state index in [0.29, 0.717) is 12.3 Å². The Morgan fingerprint density at radius 1 is 1.20 bits per heavy atom. The van der Waals surface area contributed by atoms with Gasteiger partial charge in [-0.3, -0.25) is 19.7 Å². The van der Waals surface area contributed by atoms with Crippen LogP contribution in [0.3, 0.4) is 0 Å². The number of ether oxygens (including phenoxy) is 1. The van der Waals surface area contributed by atoms with Gasteiger partial charge in [0.05, 0.1) is 11.0 Å². The zero-order valence-electron chi connectivity index (χ0n) is 17.1. The number of nitrogens with one attached hydrogen (secondary N) is 1. The second-order valence-electron chi connectivity index (χ2n) is 7.42. The van der Waals surface area contributed by atoms with E-state index < -0.39 is 4.92 Å². The van der Waals surface area contributed by atoms with Crippen LogP contribution in [0.2, 0.25) is 0 Å². The Hall–Kier alpha value is -3.26. The molecule has 2 amide bonds. The van der Waals surface area contributed by atoms with Crippen LogP contribution in [-0.2, 0) is 9.53 Å². The number of non-ortho nitro benzene ring substituents is 1. The predicted molar refractivity (Wildman–Crippen MR) is 113 cm³/mol. The highest BCUT2D eigenvalue weighted by atomic mass is 16.6. The van der Waals surface area contributed by atoms with Crippen LogP contribution in [0, 0.1) is 24.0 Å². The Morgan fingerprint density at radius 3 is 2.57 bits per heavy atom. The normalized spacial score (nSPS) is 15.6. The van der Waals surface area contributed by atoms with Crippen molar-refractivity contribution in [3.05, 3.63) is 69.3 Å². The minimum Gasteiger partial charge on any atom is -0.376 e. The SMILES string of the molecule is Cc1cccc(NC(=O)CN(CC2CCCO2)C(=O)c2ccc([N+](=O)[O-])cc2)c1C. The minimum atomic E-state index is -0.518. The van der Waals surface area contributed by atoms with E-state index in [1.807, 2.05) is 32.0 Å². The highest BCUT2D eigenvalue weighted by Gasteiger charge is 2.25. The number of hydrogen-bond donors (Lipinski definition) is 1. The molecule has 1 heterocycles. The number of rotatable bonds is 7. The van der Waals surface area contributed by atoms with Gasteiger partial charge in [0, 0.05) is 36.5 Å². The molecule has 0 aromatic heterocycles. The van der Waals surface area contributed by atoms with Crippen molar-refractivity contribution in [1.29, 1.82) is 0 Å². The van der Waals surface area contributed by atoms with E-state index in [4.69, 9.17) is 4.74 Å². The van der Waals surface area contributed by atoms with Gasteiger partial charge in [-0.1, -0.05) is 12.1 Å². The van der Waals surface area contributed by atoms with Gasteiger partial charge in [0.25, 0.3) is 11.6 Å². The number of aryl methyl sites for hydroxylation is 1. The molecular formula is C22H25N3O5. The van der Waals surface area contributed by atoms with Crippen LogP contribution in [0.25, 0.3) is 0 Å². The molecule has 158 valence electrons. The molecule has 2 aromatic carbocycles. The largest absolute Gasteiger partial charge is 0.376 e. The van der Waals surface area contributed by atoms with Crippen molar-refractivity contribution >= 4 is 23.2 Å². The lowest BCUT2D eigenvalue weighted by molar-refractivity contribution is -0.384. The first-order valence-corrected chi connectivity index (χ1v) is 9.86. The molecule has 3 rings (SSSR count). The van der Waals surface area contributed by atoms with Gasteiger partial charge < -0.3 is 15.0 Å². The molecule has 1 aliphatic heterocycles. The van der Waals surface area contributed by atoms with Gasteiger partial charge in [0.15, 0.2) is 0 Å². The maximum absolute atomic E-state index is 13.0. The molecule has 1 unspecified atom stereocenters. The molecule has 1 saturated heterocycles. The molecule has 0 spiro atoms. The predicted octanol–water partition coefficient (Wildman–Crippen LogP) is 3.47. The minimum absolute atomic E-state index is 0.0927. The van der Waals surface area contributed by atoms with E-state index in [-0.39, 0.29) is 42.3 Å². The van der Waals surface area contributed by atoms with Gasteiger partial charge in [-0.15, -0.1) is 0 Å². The molecule has 1 atom stereocenters. The van der Waals surface area contributed by atoms with E-state index in [0.717, 1.165) is 24.0 Å². The zero-order valence-corrected chi connectivity index (χ0v) is 17.1. The third kappa shape index (κ3) is 5.21. The summed E-state index contributed by atoms with van der Waals surface area (Å²) in [5, 5.41) is 13.7. The molecule has 30 heavy (non-hydrogen) atoms. The Labute approximate surface area is 175 Å². The number of hydrogen-bond acceptors (Lipinski definition) is 5. The molecule has 8 heteroatoms. The van der Waals surface area contributed by atoms with Crippen molar-refractivity contribution in [2.45, 2.75) is 32.8 Å². The number of anilines is 1. The third-order valence-corrected chi connectivity index (χ3v) is 5.27. The first-order chi connectivity index (χ1) is 14.3. The summed E-state index contributed by atoms with van der Waals surface area (Å²) in [7, 11) is 0. The molecule has 0 bridgehead atoms. The highest BCUT2D eigenvalue weighted by molar-refractivity contribution is 5.99. The topological polar surface area (TPSA) is 102 Å². The number of nitro groups is 1. The molecule has 0 radical (unpaired) electrons. The van der Waals surface area contributed by atoms with Crippen molar-refractivity contribution in [2.24, 2.45) is 0 Å². The summed E-state index contributed by atoms with van der Waals surface area (Å²) in [5.41, 5.74) is 2.94. The number of amides is 2. The summed E-state index contributed by atoms with van der Waals surface area (Å²) in [6.07, 6.45) is 1.61. The number of carbonyl (C=O) groups excluding carboxylic acids is 2. The Kier molecular flexibility index (Phi) is 6.79. The van der Waals surface area contributed by atoms with Crippen LogP contribution in [0.5, 0.6) is 0 Å². The van der Waals surface area contributed by atoms with Crippen molar-refractivity contribution in [2.75, 3.05) is 25.0 Å². The van der Waals surface area contributed by atoms with E-state index in [9.17, 15) is 19.7 Å². The molecule has 1 N–H and O–H groups in total. The molecule has 1 fully saturated rings.